The van der Waals surface area contributed by atoms with E-state index in [9.17, 15) is 4.79 Å². The van der Waals surface area contributed by atoms with Crippen molar-refractivity contribution >= 4 is 5.78 Å². The van der Waals surface area contributed by atoms with Crippen LogP contribution in [0.5, 0.6) is 0 Å². The number of hydrogen-bond donors (Lipinski definition) is 0. The fourth-order valence-corrected chi connectivity index (χ4v) is 2.08. The van der Waals surface area contributed by atoms with Crippen molar-refractivity contribution in [2.24, 2.45) is 0 Å². The predicted octanol–water partition coefficient (Wildman–Crippen LogP) is 2.81. The number of nitrogens with zero attached hydrogens (tertiary/aromatic N) is 3. The molecule has 3 aromatic rings. The highest BCUT2D eigenvalue weighted by Crippen LogP contribution is 2.14. The molecule has 0 aliphatic heterocycles. The molecule has 0 aliphatic rings. The first-order valence-corrected chi connectivity index (χ1v) is 6.31. The summed E-state index contributed by atoms with van der Waals surface area (Å²) in [6.45, 7) is 1.91. The van der Waals surface area contributed by atoms with E-state index in [0.29, 0.717) is 11.3 Å². The third kappa shape index (κ3) is 2.23. The summed E-state index contributed by atoms with van der Waals surface area (Å²) < 4.78 is 1.64. The summed E-state index contributed by atoms with van der Waals surface area (Å²) in [6.07, 6.45) is 4.94. The van der Waals surface area contributed by atoms with Crippen molar-refractivity contribution in [2.75, 3.05) is 0 Å². The first-order chi connectivity index (χ1) is 9.75. The number of ketones is 1. The summed E-state index contributed by atoms with van der Waals surface area (Å²) in [5, 5.41) is 4.23. The Morgan fingerprint density at radius 2 is 1.90 bits per heavy atom. The molecule has 3 rings (SSSR count). The number of pyridine rings is 1. The van der Waals surface area contributed by atoms with Crippen molar-refractivity contribution in [3.8, 4) is 5.69 Å². The quantitative estimate of drug-likeness (QED) is 0.683. The average molecular weight is 263 g/mol. The SMILES string of the molecule is Cc1cncc(C(=O)c2ccnn2-c2ccccc2)c1. The Morgan fingerprint density at radius 3 is 2.65 bits per heavy atom. The molecular formula is C16H13N3O. The molecule has 0 amide bonds. The molecule has 0 aliphatic carbocycles. The van der Waals surface area contributed by atoms with Crippen LogP contribution in [0.2, 0.25) is 0 Å². The van der Waals surface area contributed by atoms with Gasteiger partial charge < -0.3 is 0 Å². The standard InChI is InChI=1S/C16H13N3O/c1-12-9-13(11-17-10-12)16(20)15-7-8-18-19(15)14-5-3-2-4-6-14/h2-11H,1H3. The molecule has 0 atom stereocenters. The Bertz CT molecular complexity index is 747. The second kappa shape index (κ2) is 5.09. The summed E-state index contributed by atoms with van der Waals surface area (Å²) in [7, 11) is 0. The molecule has 0 unspecified atom stereocenters. The third-order valence-electron chi connectivity index (χ3n) is 3.01. The largest absolute Gasteiger partial charge is 0.287 e. The molecule has 0 saturated carbocycles. The topological polar surface area (TPSA) is 47.8 Å². The van der Waals surface area contributed by atoms with E-state index in [2.05, 4.69) is 10.1 Å². The Labute approximate surface area is 116 Å². The van der Waals surface area contributed by atoms with Gasteiger partial charge in [-0.05, 0) is 36.8 Å². The molecule has 4 heteroatoms. The van der Waals surface area contributed by atoms with E-state index in [0.717, 1.165) is 11.3 Å². The van der Waals surface area contributed by atoms with Crippen molar-refractivity contribution in [1.82, 2.24) is 14.8 Å². The van der Waals surface area contributed by atoms with Gasteiger partial charge in [-0.25, -0.2) is 4.68 Å². The van der Waals surface area contributed by atoms with Gasteiger partial charge in [0.2, 0.25) is 5.78 Å². The predicted molar refractivity (Wildman–Crippen MR) is 76.0 cm³/mol. The molecule has 0 spiro atoms. The molecule has 4 nitrogen and oxygen atoms in total. The highest BCUT2D eigenvalue weighted by molar-refractivity contribution is 6.08. The van der Waals surface area contributed by atoms with Crippen LogP contribution in [-0.2, 0) is 0 Å². The molecule has 0 fully saturated rings. The molecule has 1 aromatic carbocycles. The van der Waals surface area contributed by atoms with E-state index < -0.39 is 0 Å². The second-order valence-corrected chi connectivity index (χ2v) is 4.54. The summed E-state index contributed by atoms with van der Waals surface area (Å²) in [6, 6.07) is 13.1. The Morgan fingerprint density at radius 1 is 1.10 bits per heavy atom. The molecule has 0 bridgehead atoms. The van der Waals surface area contributed by atoms with Crippen LogP contribution in [0.1, 0.15) is 21.6 Å². The number of benzene rings is 1. The monoisotopic (exact) mass is 263 g/mol. The maximum absolute atomic E-state index is 12.6. The molecule has 98 valence electrons. The molecule has 0 radical (unpaired) electrons. The zero-order valence-corrected chi connectivity index (χ0v) is 11.0. The summed E-state index contributed by atoms with van der Waals surface area (Å²) in [5.74, 6) is -0.0810. The summed E-state index contributed by atoms with van der Waals surface area (Å²) >= 11 is 0. The minimum Gasteiger partial charge on any atom is -0.287 e. The van der Waals surface area contributed by atoms with Gasteiger partial charge in [0.05, 0.1) is 11.9 Å². The molecule has 0 saturated heterocycles. The van der Waals surface area contributed by atoms with Crippen LogP contribution < -0.4 is 0 Å². The van der Waals surface area contributed by atoms with Crippen LogP contribution in [0.25, 0.3) is 5.69 Å². The summed E-state index contributed by atoms with van der Waals surface area (Å²) in [5.41, 5.74) is 2.93. The van der Waals surface area contributed by atoms with E-state index in [1.165, 1.54) is 0 Å². The first kappa shape index (κ1) is 12.3. The third-order valence-corrected chi connectivity index (χ3v) is 3.01. The number of carbonyl (C=O) groups excluding carboxylic acids is 1. The number of carbonyl (C=O) groups is 1. The van der Waals surface area contributed by atoms with E-state index in [1.807, 2.05) is 43.3 Å². The lowest BCUT2D eigenvalue weighted by molar-refractivity contribution is 0.103. The van der Waals surface area contributed by atoms with Crippen molar-refractivity contribution in [3.63, 3.8) is 0 Å². The van der Waals surface area contributed by atoms with Gasteiger partial charge in [-0.1, -0.05) is 18.2 Å². The molecule has 2 heterocycles. The minimum absolute atomic E-state index is 0.0810. The Balaban J connectivity index is 2.04. The van der Waals surface area contributed by atoms with E-state index in [4.69, 9.17) is 0 Å². The van der Waals surface area contributed by atoms with Crippen molar-refractivity contribution in [3.05, 3.63) is 77.9 Å². The van der Waals surface area contributed by atoms with Gasteiger partial charge in [-0.15, -0.1) is 0 Å². The lowest BCUT2D eigenvalue weighted by Crippen LogP contribution is -2.10. The first-order valence-electron chi connectivity index (χ1n) is 6.31. The van der Waals surface area contributed by atoms with Gasteiger partial charge in [-0.2, -0.15) is 5.10 Å². The van der Waals surface area contributed by atoms with E-state index in [1.54, 1.807) is 29.3 Å². The smallest absolute Gasteiger partial charge is 0.213 e. The maximum Gasteiger partial charge on any atom is 0.213 e. The van der Waals surface area contributed by atoms with Crippen LogP contribution in [0, 0.1) is 6.92 Å². The fourth-order valence-electron chi connectivity index (χ4n) is 2.08. The Hall–Kier alpha value is -2.75. The van der Waals surface area contributed by atoms with Gasteiger partial charge in [0.1, 0.15) is 5.69 Å². The van der Waals surface area contributed by atoms with Crippen LogP contribution in [0.15, 0.2) is 61.1 Å². The second-order valence-electron chi connectivity index (χ2n) is 4.54. The number of hydrogen-bond acceptors (Lipinski definition) is 3. The lowest BCUT2D eigenvalue weighted by atomic mass is 10.1. The average Bonchev–Trinajstić information content (AvgIpc) is 2.97. The number of aryl methyl sites for hydroxylation is 1. The molecular weight excluding hydrogens is 250 g/mol. The van der Waals surface area contributed by atoms with Crippen LogP contribution in [0.4, 0.5) is 0 Å². The van der Waals surface area contributed by atoms with Crippen LogP contribution >= 0.6 is 0 Å². The highest BCUT2D eigenvalue weighted by Gasteiger charge is 2.15. The van der Waals surface area contributed by atoms with Crippen molar-refractivity contribution in [1.29, 1.82) is 0 Å². The molecule has 0 N–H and O–H groups in total. The van der Waals surface area contributed by atoms with Crippen molar-refractivity contribution in [2.45, 2.75) is 6.92 Å². The van der Waals surface area contributed by atoms with E-state index >= 15 is 0 Å². The Kier molecular flexibility index (Phi) is 3.13. The van der Waals surface area contributed by atoms with Gasteiger partial charge in [-0.3, -0.25) is 9.78 Å². The number of para-hydroxylation sites is 1. The highest BCUT2D eigenvalue weighted by atomic mass is 16.1. The zero-order chi connectivity index (χ0) is 13.9. The normalized spacial score (nSPS) is 10.4. The molecule has 20 heavy (non-hydrogen) atoms. The van der Waals surface area contributed by atoms with E-state index in [-0.39, 0.29) is 5.78 Å². The van der Waals surface area contributed by atoms with Gasteiger partial charge in [0.15, 0.2) is 0 Å². The number of rotatable bonds is 3. The lowest BCUT2D eigenvalue weighted by Gasteiger charge is -2.06. The minimum atomic E-state index is -0.0810. The van der Waals surface area contributed by atoms with Crippen LogP contribution in [0.3, 0.4) is 0 Å². The van der Waals surface area contributed by atoms with Crippen LogP contribution in [-0.4, -0.2) is 20.5 Å². The van der Waals surface area contributed by atoms with Gasteiger partial charge in [0, 0.05) is 18.0 Å². The van der Waals surface area contributed by atoms with Crippen molar-refractivity contribution < 1.29 is 4.79 Å². The number of aromatic nitrogens is 3. The van der Waals surface area contributed by atoms with Gasteiger partial charge >= 0.3 is 0 Å². The molecule has 2 aromatic heterocycles. The van der Waals surface area contributed by atoms with Gasteiger partial charge in [0.25, 0.3) is 0 Å². The fraction of sp³-hybridized carbons (Fsp3) is 0.0625. The maximum atomic E-state index is 12.6. The summed E-state index contributed by atoms with van der Waals surface area (Å²) in [4.78, 5) is 16.6. The zero-order valence-electron chi connectivity index (χ0n) is 11.0.